The second-order valence-corrected chi connectivity index (χ2v) is 7.39. The molecule has 1 aliphatic rings. The van der Waals surface area contributed by atoms with Crippen LogP contribution >= 0.6 is 0 Å². The van der Waals surface area contributed by atoms with Gasteiger partial charge in [-0.1, -0.05) is 30.3 Å². The molecule has 0 spiro atoms. The van der Waals surface area contributed by atoms with E-state index in [0.29, 0.717) is 17.0 Å². The number of amides is 2. The molecule has 2 amide bonds. The molecule has 0 fully saturated rings. The van der Waals surface area contributed by atoms with Gasteiger partial charge in [-0.2, -0.15) is 0 Å². The van der Waals surface area contributed by atoms with Crippen LogP contribution in [0.5, 0.6) is 5.75 Å². The van der Waals surface area contributed by atoms with Gasteiger partial charge in [0.05, 0.1) is 12.3 Å². The summed E-state index contributed by atoms with van der Waals surface area (Å²) in [6, 6.07) is 14.2. The van der Waals surface area contributed by atoms with Gasteiger partial charge in [0.1, 0.15) is 12.3 Å². The summed E-state index contributed by atoms with van der Waals surface area (Å²) in [5, 5.41) is 0. The lowest BCUT2D eigenvalue weighted by Gasteiger charge is -2.26. The van der Waals surface area contributed by atoms with Gasteiger partial charge in [-0.3, -0.25) is 19.2 Å². The minimum atomic E-state index is -0.495. The molecule has 1 heterocycles. The molecule has 8 heteroatoms. The molecule has 0 aromatic heterocycles. The Morgan fingerprint density at radius 2 is 1.84 bits per heavy atom. The van der Waals surface area contributed by atoms with Crippen LogP contribution in [0.3, 0.4) is 0 Å². The summed E-state index contributed by atoms with van der Waals surface area (Å²) in [4.78, 5) is 52.2. The molecule has 0 bridgehead atoms. The van der Waals surface area contributed by atoms with Crippen molar-refractivity contribution in [3.8, 4) is 5.75 Å². The first kappa shape index (κ1) is 23.0. The lowest BCUT2D eigenvalue weighted by atomic mass is 10.0. The molecule has 0 aliphatic carbocycles. The summed E-state index contributed by atoms with van der Waals surface area (Å²) in [6.45, 7) is 1.95. The van der Waals surface area contributed by atoms with E-state index in [4.69, 9.17) is 9.47 Å². The highest BCUT2D eigenvalue weighted by Crippen LogP contribution is 2.32. The Morgan fingerprint density at radius 1 is 1.09 bits per heavy atom. The minimum Gasteiger partial charge on any atom is -0.482 e. The summed E-state index contributed by atoms with van der Waals surface area (Å²) < 4.78 is 10.4. The number of likely N-dealkylation sites (N-methyl/N-ethyl adjacent to an activating group) is 1. The first-order valence-corrected chi connectivity index (χ1v) is 10.4. The number of ketones is 1. The van der Waals surface area contributed by atoms with E-state index in [1.165, 1.54) is 9.80 Å². The van der Waals surface area contributed by atoms with E-state index in [1.54, 1.807) is 32.2 Å². The van der Waals surface area contributed by atoms with Crippen molar-refractivity contribution in [2.75, 3.05) is 31.7 Å². The van der Waals surface area contributed by atoms with Crippen LogP contribution < -0.4 is 9.64 Å². The third-order valence-corrected chi connectivity index (χ3v) is 5.13. The van der Waals surface area contributed by atoms with Crippen molar-refractivity contribution in [2.24, 2.45) is 0 Å². The van der Waals surface area contributed by atoms with Gasteiger partial charge in [-0.15, -0.1) is 0 Å². The zero-order chi connectivity index (χ0) is 23.1. The fourth-order valence-electron chi connectivity index (χ4n) is 3.37. The van der Waals surface area contributed by atoms with Crippen LogP contribution in [0.2, 0.25) is 0 Å². The number of nitrogens with zero attached hydrogens (tertiary/aromatic N) is 2. The van der Waals surface area contributed by atoms with E-state index in [0.717, 1.165) is 5.56 Å². The monoisotopic (exact) mass is 438 g/mol. The highest BCUT2D eigenvalue weighted by molar-refractivity contribution is 6.02. The molecule has 0 atom stereocenters. The molecule has 0 saturated heterocycles. The smallest absolute Gasteiger partial charge is 0.325 e. The van der Waals surface area contributed by atoms with Crippen LogP contribution in [-0.4, -0.2) is 55.3 Å². The number of benzene rings is 2. The van der Waals surface area contributed by atoms with E-state index in [1.807, 2.05) is 30.3 Å². The summed E-state index contributed by atoms with van der Waals surface area (Å²) in [7, 11) is 1.62. The predicted molar refractivity (Wildman–Crippen MR) is 117 cm³/mol. The topological polar surface area (TPSA) is 93.2 Å². The van der Waals surface area contributed by atoms with Crippen molar-refractivity contribution in [3.05, 3.63) is 59.7 Å². The van der Waals surface area contributed by atoms with Crippen LogP contribution in [-0.2, 0) is 25.7 Å². The number of carbonyl (C=O) groups is 4. The Hall–Kier alpha value is -3.68. The predicted octanol–water partition coefficient (Wildman–Crippen LogP) is 2.60. The molecule has 0 radical (unpaired) electrons. The van der Waals surface area contributed by atoms with Crippen molar-refractivity contribution in [3.63, 3.8) is 0 Å². The molecular formula is C24H26N2O6. The number of ether oxygens (including phenoxy) is 2. The van der Waals surface area contributed by atoms with Gasteiger partial charge in [0.15, 0.2) is 12.4 Å². The second kappa shape index (κ2) is 10.6. The van der Waals surface area contributed by atoms with Gasteiger partial charge in [0, 0.05) is 32.0 Å². The number of anilines is 1. The Morgan fingerprint density at radius 3 is 2.56 bits per heavy atom. The quantitative estimate of drug-likeness (QED) is 0.441. The Kier molecular flexibility index (Phi) is 7.59. The van der Waals surface area contributed by atoms with Crippen molar-refractivity contribution in [1.29, 1.82) is 0 Å². The lowest BCUT2D eigenvalue weighted by molar-refractivity contribution is -0.149. The largest absolute Gasteiger partial charge is 0.482 e. The SMILES string of the molecule is CCOC(=O)CN(Cc1ccccc1)C(=O)CCC(=O)c1ccc2c(c1)N(C)C(=O)CO2. The Balaban J connectivity index is 1.66. The van der Waals surface area contributed by atoms with Gasteiger partial charge >= 0.3 is 5.97 Å². The van der Waals surface area contributed by atoms with E-state index in [-0.39, 0.29) is 56.7 Å². The number of rotatable bonds is 9. The normalized spacial score (nSPS) is 12.6. The van der Waals surface area contributed by atoms with Crippen LogP contribution in [0.15, 0.2) is 48.5 Å². The number of hydrogen-bond acceptors (Lipinski definition) is 6. The maximum Gasteiger partial charge on any atom is 0.325 e. The molecular weight excluding hydrogens is 412 g/mol. The molecule has 0 unspecified atom stereocenters. The third kappa shape index (κ3) is 5.72. The summed E-state index contributed by atoms with van der Waals surface area (Å²) in [6.07, 6.45) is -0.0717. The van der Waals surface area contributed by atoms with E-state index in [2.05, 4.69) is 0 Å². The standard InChI is InChI=1S/C24H26N2O6/c1-3-31-24(30)15-26(14-17-7-5-4-6-8-17)22(28)12-10-20(27)18-9-11-21-19(13-18)25(2)23(29)16-32-21/h4-9,11,13H,3,10,12,14-16H2,1-2H3. The summed E-state index contributed by atoms with van der Waals surface area (Å²) in [5.41, 5.74) is 1.78. The molecule has 2 aromatic rings. The molecule has 2 aromatic carbocycles. The molecule has 32 heavy (non-hydrogen) atoms. The maximum atomic E-state index is 12.8. The van der Waals surface area contributed by atoms with Crippen LogP contribution in [0, 0.1) is 0 Å². The van der Waals surface area contributed by atoms with Gasteiger partial charge in [-0.05, 0) is 30.7 Å². The van der Waals surface area contributed by atoms with Crippen LogP contribution in [0.4, 0.5) is 5.69 Å². The van der Waals surface area contributed by atoms with Crippen molar-refractivity contribution in [2.45, 2.75) is 26.3 Å². The number of esters is 1. The number of hydrogen-bond donors (Lipinski definition) is 0. The fourth-order valence-corrected chi connectivity index (χ4v) is 3.37. The zero-order valence-corrected chi connectivity index (χ0v) is 18.2. The zero-order valence-electron chi connectivity index (χ0n) is 18.2. The molecule has 3 rings (SSSR count). The van der Waals surface area contributed by atoms with Gasteiger partial charge in [0.2, 0.25) is 5.91 Å². The first-order valence-electron chi connectivity index (χ1n) is 10.4. The Bertz CT molecular complexity index is 1000. The lowest BCUT2D eigenvalue weighted by Crippen LogP contribution is -2.36. The van der Waals surface area contributed by atoms with Gasteiger partial charge in [-0.25, -0.2) is 0 Å². The highest BCUT2D eigenvalue weighted by atomic mass is 16.5. The maximum absolute atomic E-state index is 12.8. The second-order valence-electron chi connectivity index (χ2n) is 7.39. The average molecular weight is 438 g/mol. The Labute approximate surface area is 186 Å². The minimum absolute atomic E-state index is 0.0236. The number of fused-ring (bicyclic) bond motifs is 1. The number of Topliss-reactive ketones (excluding diaryl/α,β-unsaturated/α-hetero) is 1. The van der Waals surface area contributed by atoms with Crippen LogP contribution in [0.25, 0.3) is 0 Å². The molecule has 0 N–H and O–H groups in total. The average Bonchev–Trinajstić information content (AvgIpc) is 2.80. The molecule has 1 aliphatic heterocycles. The van der Waals surface area contributed by atoms with Crippen molar-refractivity contribution in [1.82, 2.24) is 4.90 Å². The van der Waals surface area contributed by atoms with E-state index < -0.39 is 5.97 Å². The van der Waals surface area contributed by atoms with Crippen molar-refractivity contribution >= 4 is 29.3 Å². The molecule has 8 nitrogen and oxygen atoms in total. The third-order valence-electron chi connectivity index (χ3n) is 5.13. The van der Waals surface area contributed by atoms with Crippen molar-refractivity contribution < 1.29 is 28.7 Å². The molecule has 168 valence electrons. The van der Waals surface area contributed by atoms with E-state index in [9.17, 15) is 19.2 Å². The first-order chi connectivity index (χ1) is 15.4. The summed E-state index contributed by atoms with van der Waals surface area (Å²) >= 11 is 0. The number of carbonyl (C=O) groups excluding carboxylic acids is 4. The van der Waals surface area contributed by atoms with Gasteiger partial charge < -0.3 is 19.3 Å². The van der Waals surface area contributed by atoms with E-state index >= 15 is 0 Å². The van der Waals surface area contributed by atoms with Gasteiger partial charge in [0.25, 0.3) is 5.91 Å². The fraction of sp³-hybridized carbons (Fsp3) is 0.333. The molecule has 0 saturated carbocycles. The van der Waals surface area contributed by atoms with Crippen LogP contribution in [0.1, 0.15) is 35.7 Å². The highest BCUT2D eigenvalue weighted by Gasteiger charge is 2.24. The summed E-state index contributed by atoms with van der Waals surface area (Å²) in [5.74, 6) is -0.714.